The maximum absolute atomic E-state index is 13.1. The number of carbonyl (C=O) groups is 1. The summed E-state index contributed by atoms with van der Waals surface area (Å²) in [5, 5.41) is 0. The van der Waals surface area contributed by atoms with Crippen molar-refractivity contribution in [3.63, 3.8) is 0 Å². The van der Waals surface area contributed by atoms with Crippen molar-refractivity contribution in [1.29, 1.82) is 0 Å². The third-order valence-electron chi connectivity index (χ3n) is 4.97. The van der Waals surface area contributed by atoms with Crippen molar-refractivity contribution in [2.75, 3.05) is 6.79 Å². The summed E-state index contributed by atoms with van der Waals surface area (Å²) in [4.78, 5) is 19.4. The number of benzene rings is 1. The average Bonchev–Trinajstić information content (AvgIpc) is 3.31. The van der Waals surface area contributed by atoms with Gasteiger partial charge in [-0.3, -0.25) is 9.78 Å². The Morgan fingerprint density at radius 2 is 1.96 bits per heavy atom. The monoisotopic (exact) mass is 338 g/mol. The molecule has 0 spiro atoms. The number of amides is 1. The van der Waals surface area contributed by atoms with Crippen LogP contribution in [-0.4, -0.2) is 28.6 Å². The Kier molecular flexibility index (Phi) is 4.30. The molecular weight excluding hydrogens is 316 g/mol. The van der Waals surface area contributed by atoms with Crippen LogP contribution in [0, 0.1) is 6.92 Å². The minimum absolute atomic E-state index is 0.0528. The maximum atomic E-state index is 13.1. The van der Waals surface area contributed by atoms with E-state index in [0.29, 0.717) is 18.2 Å². The number of aromatic nitrogens is 1. The summed E-state index contributed by atoms with van der Waals surface area (Å²) < 4.78 is 10.8. The smallest absolute Gasteiger partial charge is 0.255 e. The van der Waals surface area contributed by atoms with Crippen LogP contribution in [-0.2, 0) is 6.54 Å². The SMILES string of the molecule is Cc1ccc(C(=O)N(Cc2ccc3c(c2)OCO3)C2CCCC2)cn1. The van der Waals surface area contributed by atoms with Gasteiger partial charge in [-0.2, -0.15) is 0 Å². The zero-order valence-corrected chi connectivity index (χ0v) is 14.4. The van der Waals surface area contributed by atoms with Crippen molar-refractivity contribution in [3.05, 3.63) is 53.3 Å². The predicted octanol–water partition coefficient (Wildman–Crippen LogP) is 3.70. The van der Waals surface area contributed by atoms with E-state index in [1.54, 1.807) is 6.20 Å². The second-order valence-corrected chi connectivity index (χ2v) is 6.75. The predicted molar refractivity (Wildman–Crippen MR) is 93.7 cm³/mol. The van der Waals surface area contributed by atoms with Crippen molar-refractivity contribution in [2.24, 2.45) is 0 Å². The molecule has 2 aromatic rings. The minimum Gasteiger partial charge on any atom is -0.454 e. The van der Waals surface area contributed by atoms with Crippen LogP contribution in [0.4, 0.5) is 0 Å². The highest BCUT2D eigenvalue weighted by molar-refractivity contribution is 5.94. The molecule has 130 valence electrons. The molecule has 1 aliphatic carbocycles. The zero-order valence-electron chi connectivity index (χ0n) is 14.4. The number of ether oxygens (including phenoxy) is 2. The Hall–Kier alpha value is -2.56. The van der Waals surface area contributed by atoms with Crippen LogP contribution in [0.2, 0.25) is 0 Å². The van der Waals surface area contributed by atoms with Crippen LogP contribution >= 0.6 is 0 Å². The second kappa shape index (κ2) is 6.75. The van der Waals surface area contributed by atoms with Gasteiger partial charge in [-0.25, -0.2) is 0 Å². The van der Waals surface area contributed by atoms with E-state index in [4.69, 9.17) is 9.47 Å². The van der Waals surface area contributed by atoms with Crippen LogP contribution in [0.25, 0.3) is 0 Å². The number of hydrogen-bond donors (Lipinski definition) is 0. The lowest BCUT2D eigenvalue weighted by Crippen LogP contribution is -2.38. The largest absolute Gasteiger partial charge is 0.454 e. The number of pyridine rings is 1. The lowest BCUT2D eigenvalue weighted by molar-refractivity contribution is 0.0664. The summed E-state index contributed by atoms with van der Waals surface area (Å²) in [5.41, 5.74) is 2.63. The van der Waals surface area contributed by atoms with Gasteiger partial charge in [0.15, 0.2) is 11.5 Å². The first-order valence-electron chi connectivity index (χ1n) is 8.83. The lowest BCUT2D eigenvalue weighted by Gasteiger charge is -2.29. The molecule has 0 radical (unpaired) electrons. The fourth-order valence-corrected chi connectivity index (χ4v) is 3.58. The maximum Gasteiger partial charge on any atom is 0.255 e. The summed E-state index contributed by atoms with van der Waals surface area (Å²) in [5.74, 6) is 1.58. The van der Waals surface area contributed by atoms with Gasteiger partial charge in [0.2, 0.25) is 6.79 Å². The molecule has 25 heavy (non-hydrogen) atoms. The van der Waals surface area contributed by atoms with Gasteiger partial charge in [0, 0.05) is 24.5 Å². The van der Waals surface area contributed by atoms with E-state index in [1.807, 2.05) is 42.2 Å². The fraction of sp³-hybridized carbons (Fsp3) is 0.400. The summed E-state index contributed by atoms with van der Waals surface area (Å²) >= 11 is 0. The molecule has 0 bridgehead atoms. The van der Waals surface area contributed by atoms with Gasteiger partial charge in [0.05, 0.1) is 5.56 Å². The van der Waals surface area contributed by atoms with Gasteiger partial charge in [0.1, 0.15) is 0 Å². The van der Waals surface area contributed by atoms with Crippen molar-refractivity contribution in [3.8, 4) is 11.5 Å². The quantitative estimate of drug-likeness (QED) is 0.853. The van der Waals surface area contributed by atoms with Crippen molar-refractivity contribution < 1.29 is 14.3 Å². The molecule has 2 aliphatic rings. The van der Waals surface area contributed by atoms with E-state index in [0.717, 1.165) is 35.6 Å². The number of aryl methyl sites for hydroxylation is 1. The molecule has 0 saturated heterocycles. The highest BCUT2D eigenvalue weighted by Crippen LogP contribution is 2.34. The summed E-state index contributed by atoms with van der Waals surface area (Å²) in [7, 11) is 0. The van der Waals surface area contributed by atoms with Crippen LogP contribution in [0.3, 0.4) is 0 Å². The first-order chi connectivity index (χ1) is 12.2. The molecule has 1 aliphatic heterocycles. The molecule has 2 heterocycles. The topological polar surface area (TPSA) is 51.7 Å². The molecule has 0 atom stereocenters. The first kappa shape index (κ1) is 15.9. The molecule has 1 saturated carbocycles. The van der Waals surface area contributed by atoms with Crippen LogP contribution in [0.5, 0.6) is 11.5 Å². The summed E-state index contributed by atoms with van der Waals surface area (Å²) in [6.45, 7) is 2.77. The summed E-state index contributed by atoms with van der Waals surface area (Å²) in [6.07, 6.45) is 6.17. The van der Waals surface area contributed by atoms with E-state index in [1.165, 1.54) is 12.8 Å². The average molecular weight is 338 g/mol. The molecule has 1 aromatic carbocycles. The van der Waals surface area contributed by atoms with E-state index >= 15 is 0 Å². The van der Waals surface area contributed by atoms with Crippen LogP contribution in [0.15, 0.2) is 36.5 Å². The molecule has 1 aromatic heterocycles. The third-order valence-corrected chi connectivity index (χ3v) is 4.97. The molecule has 0 unspecified atom stereocenters. The lowest BCUT2D eigenvalue weighted by atomic mass is 10.1. The van der Waals surface area contributed by atoms with Crippen molar-refractivity contribution in [2.45, 2.75) is 45.2 Å². The molecule has 0 N–H and O–H groups in total. The van der Waals surface area contributed by atoms with Crippen molar-refractivity contribution in [1.82, 2.24) is 9.88 Å². The third kappa shape index (κ3) is 3.31. The molecule has 5 heteroatoms. The molecular formula is C20H22N2O3. The van der Waals surface area contributed by atoms with E-state index in [9.17, 15) is 4.79 Å². The van der Waals surface area contributed by atoms with Gasteiger partial charge in [0.25, 0.3) is 5.91 Å². The highest BCUT2D eigenvalue weighted by Gasteiger charge is 2.28. The Morgan fingerprint density at radius 1 is 1.16 bits per heavy atom. The first-order valence-corrected chi connectivity index (χ1v) is 8.83. The molecule has 1 amide bonds. The van der Waals surface area contributed by atoms with Gasteiger partial charge < -0.3 is 14.4 Å². The normalized spacial score (nSPS) is 16.2. The number of hydrogen-bond acceptors (Lipinski definition) is 4. The molecule has 4 rings (SSSR count). The second-order valence-electron chi connectivity index (χ2n) is 6.75. The van der Waals surface area contributed by atoms with Gasteiger partial charge in [-0.15, -0.1) is 0 Å². The zero-order chi connectivity index (χ0) is 17.2. The van der Waals surface area contributed by atoms with Crippen LogP contribution in [0.1, 0.15) is 47.3 Å². The van der Waals surface area contributed by atoms with E-state index in [2.05, 4.69) is 4.98 Å². The van der Waals surface area contributed by atoms with Gasteiger partial charge in [-0.1, -0.05) is 18.9 Å². The number of rotatable bonds is 4. The Labute approximate surface area is 147 Å². The van der Waals surface area contributed by atoms with Crippen LogP contribution < -0.4 is 9.47 Å². The molecule has 5 nitrogen and oxygen atoms in total. The standard InChI is InChI=1S/C20H22N2O3/c1-14-6-8-16(11-21-14)20(23)22(17-4-2-3-5-17)12-15-7-9-18-19(10-15)25-13-24-18/h6-11,17H,2-5,12-13H2,1H3. The van der Waals surface area contributed by atoms with E-state index < -0.39 is 0 Å². The Bertz CT molecular complexity index is 767. The number of nitrogens with zero attached hydrogens (tertiary/aromatic N) is 2. The number of fused-ring (bicyclic) bond motifs is 1. The van der Waals surface area contributed by atoms with Gasteiger partial charge >= 0.3 is 0 Å². The Morgan fingerprint density at radius 3 is 2.72 bits per heavy atom. The molecule has 1 fully saturated rings. The minimum atomic E-state index is 0.0528. The number of carbonyl (C=O) groups excluding carboxylic acids is 1. The van der Waals surface area contributed by atoms with Gasteiger partial charge in [-0.05, 0) is 49.6 Å². The Balaban J connectivity index is 1.59. The van der Waals surface area contributed by atoms with Crippen molar-refractivity contribution >= 4 is 5.91 Å². The fourth-order valence-electron chi connectivity index (χ4n) is 3.58. The highest BCUT2D eigenvalue weighted by atomic mass is 16.7. The van der Waals surface area contributed by atoms with E-state index in [-0.39, 0.29) is 12.7 Å². The summed E-state index contributed by atoms with van der Waals surface area (Å²) in [6, 6.07) is 9.95.